The molecular formula is C22H26FN7O. The number of halogens is 1. The minimum Gasteiger partial charge on any atom is -0.382 e. The van der Waals surface area contributed by atoms with Crippen LogP contribution in [0.5, 0.6) is 0 Å². The molecule has 5 rings (SSSR count). The van der Waals surface area contributed by atoms with Gasteiger partial charge in [-0.3, -0.25) is 9.88 Å². The average Bonchev–Trinajstić information content (AvgIpc) is 3.28. The normalized spacial score (nSPS) is 14.5. The number of imidazole rings is 1. The first-order chi connectivity index (χ1) is 15.1. The van der Waals surface area contributed by atoms with Crippen molar-refractivity contribution in [1.29, 1.82) is 0 Å². The second kappa shape index (κ2) is 9.76. The number of rotatable bonds is 4. The van der Waals surface area contributed by atoms with E-state index in [1.54, 1.807) is 6.07 Å². The fourth-order valence-corrected chi connectivity index (χ4v) is 3.61. The lowest BCUT2D eigenvalue weighted by molar-refractivity contribution is 0.0384. The molecule has 0 spiro atoms. The summed E-state index contributed by atoms with van der Waals surface area (Å²) in [5, 5.41) is 2.03. The average molecular weight is 423 g/mol. The van der Waals surface area contributed by atoms with Crippen LogP contribution in [0.4, 0.5) is 10.2 Å². The Hall–Kier alpha value is -3.17. The van der Waals surface area contributed by atoms with Gasteiger partial charge in [-0.25, -0.2) is 19.3 Å². The Balaban J connectivity index is 0.000000192. The van der Waals surface area contributed by atoms with Gasteiger partial charge in [0.05, 0.1) is 19.5 Å². The molecule has 1 aliphatic rings. The summed E-state index contributed by atoms with van der Waals surface area (Å²) >= 11 is 0. The lowest BCUT2D eigenvalue weighted by atomic mass is 10.1. The third-order valence-corrected chi connectivity index (χ3v) is 5.31. The van der Waals surface area contributed by atoms with Gasteiger partial charge in [0.25, 0.3) is 0 Å². The van der Waals surface area contributed by atoms with E-state index in [1.165, 1.54) is 18.7 Å². The van der Waals surface area contributed by atoms with Crippen molar-refractivity contribution in [3.8, 4) is 0 Å². The van der Waals surface area contributed by atoms with E-state index in [0.717, 1.165) is 67.8 Å². The van der Waals surface area contributed by atoms with E-state index >= 15 is 0 Å². The molecule has 162 valence electrons. The lowest BCUT2D eigenvalue weighted by Gasteiger charge is -2.26. The molecule has 0 radical (unpaired) electrons. The number of fused-ring (bicyclic) bond motifs is 2. The molecular weight excluding hydrogens is 397 g/mol. The number of aromatic nitrogens is 5. The van der Waals surface area contributed by atoms with E-state index in [-0.39, 0.29) is 5.82 Å². The highest BCUT2D eigenvalue weighted by molar-refractivity contribution is 5.85. The Morgan fingerprint density at radius 1 is 1.16 bits per heavy atom. The topological polar surface area (TPSA) is 106 Å². The number of hydrogen-bond acceptors (Lipinski definition) is 7. The highest BCUT2D eigenvalue weighted by atomic mass is 19.1. The van der Waals surface area contributed by atoms with Crippen molar-refractivity contribution in [3.63, 3.8) is 0 Å². The molecule has 9 heteroatoms. The van der Waals surface area contributed by atoms with Crippen LogP contribution in [0.3, 0.4) is 0 Å². The number of morpholine rings is 1. The molecule has 1 aliphatic heterocycles. The maximum Gasteiger partial charge on any atom is 0.182 e. The number of hydrogen-bond donors (Lipinski definition) is 2. The van der Waals surface area contributed by atoms with Gasteiger partial charge in [0.1, 0.15) is 17.7 Å². The molecule has 1 fully saturated rings. The number of nitrogens with one attached hydrogen (secondary N) is 1. The number of anilines is 1. The number of ether oxygens (including phenoxy) is 1. The largest absolute Gasteiger partial charge is 0.382 e. The first-order valence-electron chi connectivity index (χ1n) is 10.4. The summed E-state index contributed by atoms with van der Waals surface area (Å²) in [5.74, 6) is 0.248. The van der Waals surface area contributed by atoms with Crippen LogP contribution in [-0.2, 0) is 17.6 Å². The van der Waals surface area contributed by atoms with Crippen molar-refractivity contribution in [3.05, 3.63) is 54.1 Å². The van der Waals surface area contributed by atoms with Gasteiger partial charge in [0.2, 0.25) is 0 Å². The van der Waals surface area contributed by atoms with Gasteiger partial charge in [-0.1, -0.05) is 6.92 Å². The minimum absolute atomic E-state index is 0.185. The van der Waals surface area contributed by atoms with Gasteiger partial charge in [-0.2, -0.15) is 0 Å². The zero-order valence-corrected chi connectivity index (χ0v) is 17.5. The number of aromatic amines is 1. The summed E-state index contributed by atoms with van der Waals surface area (Å²) in [7, 11) is 0. The second-order valence-corrected chi connectivity index (χ2v) is 7.34. The van der Waals surface area contributed by atoms with Crippen molar-refractivity contribution < 1.29 is 9.13 Å². The van der Waals surface area contributed by atoms with Crippen molar-refractivity contribution >= 4 is 27.8 Å². The van der Waals surface area contributed by atoms with Crippen LogP contribution in [0.1, 0.15) is 18.3 Å². The molecule has 0 amide bonds. The fraction of sp³-hybridized carbons (Fsp3) is 0.364. The zero-order chi connectivity index (χ0) is 21.6. The van der Waals surface area contributed by atoms with Crippen LogP contribution in [-0.4, -0.2) is 62.7 Å². The smallest absolute Gasteiger partial charge is 0.182 e. The first-order valence-corrected chi connectivity index (χ1v) is 10.4. The SMILES string of the molecule is CCc1cc2cc(F)ccc2c(CCN2CCOCC2)n1.Nc1ncnc2nc[nH]c12. The lowest BCUT2D eigenvalue weighted by Crippen LogP contribution is -2.37. The van der Waals surface area contributed by atoms with Crippen molar-refractivity contribution in [1.82, 2.24) is 29.8 Å². The van der Waals surface area contributed by atoms with E-state index < -0.39 is 0 Å². The fourth-order valence-electron chi connectivity index (χ4n) is 3.61. The summed E-state index contributed by atoms with van der Waals surface area (Å²) in [5.41, 5.74) is 8.89. The number of nitrogens with zero attached hydrogens (tertiary/aromatic N) is 5. The number of nitrogens with two attached hydrogens (primary N) is 1. The van der Waals surface area contributed by atoms with E-state index in [0.29, 0.717) is 17.0 Å². The predicted octanol–water partition coefficient (Wildman–Crippen LogP) is 2.75. The maximum absolute atomic E-state index is 13.4. The Morgan fingerprint density at radius 3 is 2.77 bits per heavy atom. The quantitative estimate of drug-likeness (QED) is 0.520. The third-order valence-electron chi connectivity index (χ3n) is 5.31. The summed E-state index contributed by atoms with van der Waals surface area (Å²) in [4.78, 5) is 21.5. The third kappa shape index (κ3) is 5.12. The Morgan fingerprint density at radius 2 is 2.00 bits per heavy atom. The Kier molecular flexibility index (Phi) is 6.63. The number of H-pyrrole nitrogens is 1. The molecule has 8 nitrogen and oxygen atoms in total. The highest BCUT2D eigenvalue weighted by Crippen LogP contribution is 2.21. The summed E-state index contributed by atoms with van der Waals surface area (Å²) in [6.07, 6.45) is 4.70. The van der Waals surface area contributed by atoms with Crippen LogP contribution in [0, 0.1) is 5.82 Å². The van der Waals surface area contributed by atoms with Gasteiger partial charge in [0.15, 0.2) is 11.5 Å². The van der Waals surface area contributed by atoms with Gasteiger partial charge in [0, 0.05) is 42.8 Å². The Bertz CT molecular complexity index is 1160. The molecule has 0 saturated carbocycles. The molecule has 1 saturated heterocycles. The van der Waals surface area contributed by atoms with Crippen LogP contribution in [0.25, 0.3) is 21.9 Å². The van der Waals surface area contributed by atoms with Crippen LogP contribution >= 0.6 is 0 Å². The number of pyridine rings is 1. The molecule has 0 bridgehead atoms. The van der Waals surface area contributed by atoms with Gasteiger partial charge < -0.3 is 15.5 Å². The van der Waals surface area contributed by atoms with E-state index in [1.807, 2.05) is 12.1 Å². The molecule has 0 atom stereocenters. The van der Waals surface area contributed by atoms with Crippen molar-refractivity contribution in [2.75, 3.05) is 38.6 Å². The molecule has 4 heterocycles. The summed E-state index contributed by atoms with van der Waals surface area (Å²) in [6, 6.07) is 6.98. The Labute approximate surface area is 179 Å². The molecule has 3 N–H and O–H groups in total. The van der Waals surface area contributed by atoms with Crippen LogP contribution in [0.15, 0.2) is 36.9 Å². The van der Waals surface area contributed by atoms with Crippen molar-refractivity contribution in [2.24, 2.45) is 0 Å². The van der Waals surface area contributed by atoms with E-state index in [9.17, 15) is 4.39 Å². The van der Waals surface area contributed by atoms with Gasteiger partial charge >= 0.3 is 0 Å². The standard InChI is InChI=1S/C17H21FN2O.C5H5N5/c1-2-15-12-13-11-14(18)3-4-16(13)17(19-15)5-6-20-7-9-21-10-8-20;6-4-3-5(9-1-7-3)10-2-8-4/h3-4,11-12H,2,5-10H2,1H3;1-2H,(H3,6,7,8,9,10). The molecule has 0 unspecified atom stereocenters. The van der Waals surface area contributed by atoms with Crippen LogP contribution < -0.4 is 5.73 Å². The monoisotopic (exact) mass is 423 g/mol. The van der Waals surface area contributed by atoms with Crippen LogP contribution in [0.2, 0.25) is 0 Å². The van der Waals surface area contributed by atoms with Gasteiger partial charge in [-0.15, -0.1) is 0 Å². The molecule has 0 aliphatic carbocycles. The summed E-state index contributed by atoms with van der Waals surface area (Å²) < 4.78 is 18.8. The second-order valence-electron chi connectivity index (χ2n) is 7.34. The predicted molar refractivity (Wildman–Crippen MR) is 118 cm³/mol. The van der Waals surface area contributed by atoms with E-state index in [4.69, 9.17) is 15.5 Å². The first kappa shape index (κ1) is 21.1. The number of nitrogen functional groups attached to an aromatic ring is 1. The molecule has 3 aromatic heterocycles. The number of aryl methyl sites for hydroxylation is 1. The molecule has 31 heavy (non-hydrogen) atoms. The molecule has 4 aromatic rings. The summed E-state index contributed by atoms with van der Waals surface area (Å²) in [6.45, 7) is 6.66. The zero-order valence-electron chi connectivity index (χ0n) is 17.5. The highest BCUT2D eigenvalue weighted by Gasteiger charge is 2.12. The maximum atomic E-state index is 13.4. The number of benzene rings is 1. The molecule has 1 aromatic carbocycles. The van der Waals surface area contributed by atoms with E-state index in [2.05, 4.69) is 31.8 Å². The minimum atomic E-state index is -0.185. The van der Waals surface area contributed by atoms with Crippen molar-refractivity contribution in [2.45, 2.75) is 19.8 Å². The van der Waals surface area contributed by atoms with Gasteiger partial charge in [-0.05, 0) is 36.1 Å².